The Hall–Kier alpha value is -3.25. The molecule has 4 rings (SSSR count). The minimum Gasteiger partial charge on any atom is -0.461 e. The molecule has 0 unspecified atom stereocenters. The first-order valence-electron chi connectivity index (χ1n) is 11.4. The van der Waals surface area contributed by atoms with Crippen LogP contribution in [0.4, 0.5) is 13.2 Å². The van der Waals surface area contributed by atoms with E-state index in [2.05, 4.69) is 0 Å². The first kappa shape index (κ1) is 27.8. The van der Waals surface area contributed by atoms with Gasteiger partial charge >= 0.3 is 18.1 Å². The predicted molar refractivity (Wildman–Crippen MR) is 135 cm³/mol. The molecule has 2 aliphatic rings. The summed E-state index contributed by atoms with van der Waals surface area (Å²) in [6.07, 6.45) is -5.82. The number of rotatable bonds is 8. The van der Waals surface area contributed by atoms with E-state index in [4.69, 9.17) is 9.47 Å². The summed E-state index contributed by atoms with van der Waals surface area (Å²) >= 11 is 1.25. The van der Waals surface area contributed by atoms with Crippen molar-refractivity contribution < 1.29 is 41.8 Å². The van der Waals surface area contributed by atoms with Crippen molar-refractivity contribution in [2.75, 3.05) is 18.1 Å². The van der Waals surface area contributed by atoms with Gasteiger partial charge in [0, 0.05) is 24.0 Å². The number of fused-ring (bicyclic) bond motifs is 1. The molecule has 2 aromatic carbocycles. The third-order valence-electron chi connectivity index (χ3n) is 5.86. The maximum atomic E-state index is 13.6. The zero-order valence-electron chi connectivity index (χ0n) is 20.0. The van der Waals surface area contributed by atoms with E-state index in [-0.39, 0.29) is 35.6 Å². The lowest BCUT2D eigenvalue weighted by Crippen LogP contribution is -2.62. The highest BCUT2D eigenvalue weighted by molar-refractivity contribution is 8.13. The number of alkyl halides is 3. The molecule has 2 atom stereocenters. The zero-order valence-corrected chi connectivity index (χ0v) is 21.6. The number of halogens is 3. The van der Waals surface area contributed by atoms with Gasteiger partial charge in [-0.15, -0.1) is 11.8 Å². The van der Waals surface area contributed by atoms with E-state index in [0.29, 0.717) is 16.7 Å². The number of esters is 2. The van der Waals surface area contributed by atoms with Gasteiger partial charge in [0.2, 0.25) is 5.91 Å². The Morgan fingerprint density at radius 2 is 1.63 bits per heavy atom. The molecule has 1 fully saturated rings. The third kappa shape index (κ3) is 6.07. The molecule has 0 spiro atoms. The highest BCUT2D eigenvalue weighted by Gasteiger charge is 2.54. The maximum absolute atomic E-state index is 13.6. The van der Waals surface area contributed by atoms with Crippen LogP contribution in [0.25, 0.3) is 0 Å². The number of β-lactam (4-membered cyclic amide) rings is 1. The fraction of sp³-hybridized carbons (Fsp3) is 0.308. The van der Waals surface area contributed by atoms with Crippen LogP contribution in [0, 0.1) is 5.92 Å². The van der Waals surface area contributed by atoms with Crippen molar-refractivity contribution in [1.29, 1.82) is 0 Å². The number of hydrogen-bond donors (Lipinski definition) is 0. The molecule has 2 aliphatic heterocycles. The Bertz CT molecular complexity index is 1210. The summed E-state index contributed by atoms with van der Waals surface area (Å²) in [6, 6.07) is 18.0. The van der Waals surface area contributed by atoms with Gasteiger partial charge < -0.3 is 9.47 Å². The van der Waals surface area contributed by atoms with E-state index in [1.54, 1.807) is 48.5 Å². The molecule has 1 saturated heterocycles. The average Bonchev–Trinajstić information content (AvgIpc) is 2.90. The number of carbonyl (C=O) groups is 4. The Balaban J connectivity index is 1.61. The number of amides is 1. The topological polar surface area (TPSA) is 90.0 Å². The van der Waals surface area contributed by atoms with Gasteiger partial charge in [0.25, 0.3) is 5.12 Å². The predicted octanol–water partition coefficient (Wildman–Crippen LogP) is 4.49. The smallest absolute Gasteiger partial charge is 0.460 e. The molecule has 12 heteroatoms. The molecule has 0 bridgehead atoms. The van der Waals surface area contributed by atoms with Crippen molar-refractivity contribution in [3.63, 3.8) is 0 Å². The van der Waals surface area contributed by atoms with Crippen LogP contribution >= 0.6 is 23.5 Å². The molecule has 2 aromatic rings. The Morgan fingerprint density at radius 1 is 1.05 bits per heavy atom. The van der Waals surface area contributed by atoms with Gasteiger partial charge in [-0.2, -0.15) is 13.2 Å². The minimum atomic E-state index is -5.01. The van der Waals surface area contributed by atoms with Gasteiger partial charge in [0.1, 0.15) is 12.3 Å². The summed E-state index contributed by atoms with van der Waals surface area (Å²) < 4.78 is 48.9. The lowest BCUT2D eigenvalue weighted by atomic mass is 9.97. The van der Waals surface area contributed by atoms with E-state index in [9.17, 15) is 32.3 Å². The third-order valence-corrected chi connectivity index (χ3v) is 8.27. The van der Waals surface area contributed by atoms with Gasteiger partial charge in [-0.25, -0.2) is 4.79 Å². The van der Waals surface area contributed by atoms with Gasteiger partial charge in [-0.1, -0.05) is 72.4 Å². The lowest BCUT2D eigenvalue weighted by Gasteiger charge is -2.49. The molecular weight excluding hydrogens is 543 g/mol. The first-order chi connectivity index (χ1) is 18.1. The van der Waals surface area contributed by atoms with Crippen LogP contribution in [0.2, 0.25) is 0 Å². The molecule has 1 amide bonds. The summed E-state index contributed by atoms with van der Waals surface area (Å²) in [6.45, 7) is 0.953. The van der Waals surface area contributed by atoms with E-state index < -0.39 is 46.5 Å². The van der Waals surface area contributed by atoms with Crippen molar-refractivity contribution in [2.45, 2.75) is 24.6 Å². The Morgan fingerprint density at radius 3 is 2.16 bits per heavy atom. The molecule has 7 nitrogen and oxygen atoms in total. The maximum Gasteiger partial charge on any atom is 0.460 e. The van der Waals surface area contributed by atoms with Crippen LogP contribution in [0.5, 0.6) is 0 Å². The molecule has 200 valence electrons. The first-order valence-corrected chi connectivity index (χ1v) is 13.5. The molecular formula is C26H22F3NO6S2. The fourth-order valence-corrected chi connectivity index (χ4v) is 6.40. The van der Waals surface area contributed by atoms with Crippen LogP contribution in [0.3, 0.4) is 0 Å². The number of nitrogens with zero attached hydrogens (tertiary/aromatic N) is 1. The highest BCUT2D eigenvalue weighted by atomic mass is 32.2. The van der Waals surface area contributed by atoms with Crippen LogP contribution in [-0.4, -0.2) is 57.5 Å². The normalized spacial score (nSPS) is 19.1. The molecule has 0 radical (unpaired) electrons. The number of carbonyl (C=O) groups excluding carboxylic acids is 4. The molecule has 0 aliphatic carbocycles. The second kappa shape index (κ2) is 11.6. The monoisotopic (exact) mass is 565 g/mol. The Labute approximate surface area is 224 Å². The summed E-state index contributed by atoms with van der Waals surface area (Å²) in [5.74, 6) is -3.10. The standard InChI is InChI=1S/C26H22F3NO6S2/c1-15(31)35-12-18-13-37-23-19(14-38-25(34)26(27,28)29)22(32)30(23)20(18)24(33)36-21(16-8-4-2-5-9-16)17-10-6-3-7-11-17/h2-11,19,21,23H,12-14H2,1H3/t19-,23-/m1/s1. The average molecular weight is 566 g/mol. The van der Waals surface area contributed by atoms with Gasteiger partial charge in [0.05, 0.1) is 11.3 Å². The molecule has 0 N–H and O–H groups in total. The van der Waals surface area contributed by atoms with Crippen molar-refractivity contribution >= 4 is 46.5 Å². The number of thioether (sulfide) groups is 2. The van der Waals surface area contributed by atoms with E-state index >= 15 is 0 Å². The van der Waals surface area contributed by atoms with Crippen LogP contribution < -0.4 is 0 Å². The summed E-state index contributed by atoms with van der Waals surface area (Å²) in [4.78, 5) is 50.6. The SMILES string of the molecule is CC(=O)OCC1=C(C(=O)OC(c2ccccc2)c2ccccc2)N2C(=O)[C@@H](CSC(=O)C(F)(F)F)[C@H]2SC1. The largest absolute Gasteiger partial charge is 0.461 e. The second-order valence-corrected chi connectivity index (χ2v) is 10.5. The summed E-state index contributed by atoms with van der Waals surface area (Å²) in [5.41, 5.74) is 1.62. The van der Waals surface area contributed by atoms with Crippen molar-refractivity contribution in [3.8, 4) is 0 Å². The zero-order chi connectivity index (χ0) is 27.4. The quantitative estimate of drug-likeness (QED) is 0.342. The van der Waals surface area contributed by atoms with Gasteiger partial charge in [0.15, 0.2) is 6.10 Å². The van der Waals surface area contributed by atoms with Crippen LogP contribution in [0.15, 0.2) is 71.9 Å². The molecule has 0 aromatic heterocycles. The lowest BCUT2D eigenvalue weighted by molar-refractivity contribution is -0.160. The van der Waals surface area contributed by atoms with Crippen molar-refractivity contribution in [3.05, 3.63) is 83.1 Å². The minimum absolute atomic E-state index is 0.0302. The molecule has 2 heterocycles. The second-order valence-electron chi connectivity index (χ2n) is 8.45. The van der Waals surface area contributed by atoms with Crippen molar-refractivity contribution in [2.24, 2.45) is 5.92 Å². The van der Waals surface area contributed by atoms with E-state index in [1.165, 1.54) is 23.6 Å². The van der Waals surface area contributed by atoms with Gasteiger partial charge in [-0.05, 0) is 11.1 Å². The summed E-state index contributed by atoms with van der Waals surface area (Å²) in [7, 11) is 0. The van der Waals surface area contributed by atoms with Crippen LogP contribution in [0.1, 0.15) is 24.2 Å². The molecule has 38 heavy (non-hydrogen) atoms. The van der Waals surface area contributed by atoms with Crippen molar-refractivity contribution in [1.82, 2.24) is 4.90 Å². The number of benzene rings is 2. The fourth-order valence-electron chi connectivity index (χ4n) is 4.07. The Kier molecular flexibility index (Phi) is 8.51. The molecule has 0 saturated carbocycles. The number of hydrogen-bond acceptors (Lipinski definition) is 8. The highest BCUT2D eigenvalue weighted by Crippen LogP contribution is 2.46. The summed E-state index contributed by atoms with van der Waals surface area (Å²) in [5, 5.41) is -2.64. The van der Waals surface area contributed by atoms with Crippen LogP contribution in [-0.2, 0) is 28.7 Å². The van der Waals surface area contributed by atoms with E-state index in [1.807, 2.05) is 12.1 Å². The van der Waals surface area contributed by atoms with E-state index in [0.717, 1.165) is 0 Å². The number of ether oxygens (including phenoxy) is 2. The van der Waals surface area contributed by atoms with Gasteiger partial charge in [-0.3, -0.25) is 19.3 Å².